The van der Waals surface area contributed by atoms with E-state index in [1.54, 1.807) is 6.07 Å². The highest BCUT2D eigenvalue weighted by Gasteiger charge is 2.35. The van der Waals surface area contributed by atoms with Crippen LogP contribution in [-0.2, 0) is 9.53 Å². The summed E-state index contributed by atoms with van der Waals surface area (Å²) in [5, 5.41) is 4.70. The lowest BCUT2D eigenvalue weighted by Gasteiger charge is -2.39. The Morgan fingerprint density at radius 3 is 2.54 bits per heavy atom. The Bertz CT molecular complexity index is 830. The van der Waals surface area contributed by atoms with Crippen molar-refractivity contribution in [1.82, 2.24) is 19.9 Å². The molecule has 8 heteroatoms. The Kier molecular flexibility index (Phi) is 5.66. The van der Waals surface area contributed by atoms with E-state index in [-0.39, 0.29) is 12.0 Å². The minimum Gasteiger partial charge on any atom is -0.468 e. The molecule has 0 spiro atoms. The highest BCUT2D eigenvalue weighted by Crippen LogP contribution is 2.39. The summed E-state index contributed by atoms with van der Waals surface area (Å²) in [4.78, 5) is 21.5. The van der Waals surface area contributed by atoms with Gasteiger partial charge >= 0.3 is 5.97 Å². The summed E-state index contributed by atoms with van der Waals surface area (Å²) < 4.78 is 10.6. The van der Waals surface area contributed by atoms with Crippen molar-refractivity contribution in [2.45, 2.75) is 37.8 Å². The SMILES string of the molecule is COC(=O)C(c1ccccc1Cl)N1CCN(C(C)c2nc(C3CC3)no2)CC1. The van der Waals surface area contributed by atoms with Crippen molar-refractivity contribution >= 4 is 17.6 Å². The van der Waals surface area contributed by atoms with Gasteiger partial charge in [0.2, 0.25) is 5.89 Å². The number of halogens is 1. The van der Waals surface area contributed by atoms with Gasteiger partial charge in [0.15, 0.2) is 5.82 Å². The number of piperazine rings is 1. The third-order valence-corrected chi connectivity index (χ3v) is 5.99. The van der Waals surface area contributed by atoms with Gasteiger partial charge in [-0.25, -0.2) is 4.79 Å². The fraction of sp³-hybridized carbons (Fsp3) is 0.550. The molecule has 7 nitrogen and oxygen atoms in total. The van der Waals surface area contributed by atoms with Gasteiger partial charge in [0.1, 0.15) is 6.04 Å². The summed E-state index contributed by atoms with van der Waals surface area (Å²) in [6.45, 7) is 5.12. The van der Waals surface area contributed by atoms with Crippen molar-refractivity contribution < 1.29 is 14.1 Å². The molecule has 0 bridgehead atoms. The predicted octanol–water partition coefficient (Wildman–Crippen LogP) is 3.19. The topological polar surface area (TPSA) is 71.7 Å². The summed E-state index contributed by atoms with van der Waals surface area (Å²) in [5.74, 6) is 1.70. The molecule has 1 aromatic carbocycles. The number of ether oxygens (including phenoxy) is 1. The third-order valence-electron chi connectivity index (χ3n) is 5.64. The molecule has 28 heavy (non-hydrogen) atoms. The van der Waals surface area contributed by atoms with E-state index in [2.05, 4.69) is 26.9 Å². The normalized spacial score (nSPS) is 20.7. The van der Waals surface area contributed by atoms with Gasteiger partial charge in [0.05, 0.1) is 13.2 Å². The largest absolute Gasteiger partial charge is 0.468 e. The van der Waals surface area contributed by atoms with Crippen molar-refractivity contribution in [3.8, 4) is 0 Å². The van der Waals surface area contributed by atoms with Crippen LogP contribution in [0.5, 0.6) is 0 Å². The van der Waals surface area contributed by atoms with E-state index in [0.29, 0.717) is 16.8 Å². The van der Waals surface area contributed by atoms with Gasteiger partial charge in [-0.15, -0.1) is 0 Å². The summed E-state index contributed by atoms with van der Waals surface area (Å²) in [6.07, 6.45) is 2.31. The number of aromatic nitrogens is 2. The number of nitrogens with zero attached hydrogens (tertiary/aromatic N) is 4. The fourth-order valence-corrected chi connectivity index (χ4v) is 3.98. The molecule has 1 saturated carbocycles. The molecule has 2 atom stereocenters. The van der Waals surface area contributed by atoms with Crippen molar-refractivity contribution in [2.24, 2.45) is 0 Å². The van der Waals surface area contributed by atoms with Crippen LogP contribution in [0.2, 0.25) is 5.02 Å². The first-order valence-corrected chi connectivity index (χ1v) is 10.1. The van der Waals surface area contributed by atoms with E-state index in [0.717, 1.165) is 50.4 Å². The van der Waals surface area contributed by atoms with Gasteiger partial charge < -0.3 is 9.26 Å². The molecule has 2 fully saturated rings. The lowest BCUT2D eigenvalue weighted by molar-refractivity contribution is -0.148. The lowest BCUT2D eigenvalue weighted by atomic mass is 10.0. The average molecular weight is 405 g/mol. The second-order valence-corrected chi connectivity index (χ2v) is 7.87. The molecule has 2 heterocycles. The standard InChI is InChI=1S/C20H25ClN4O3/c1-13(19-22-18(23-28-19)14-7-8-14)24-9-11-25(12-10-24)17(20(26)27-2)15-5-3-4-6-16(15)21/h3-6,13-14,17H,7-12H2,1-2H3. The molecular formula is C20H25ClN4O3. The molecule has 0 radical (unpaired) electrons. The molecule has 0 amide bonds. The van der Waals surface area contributed by atoms with Crippen molar-refractivity contribution in [3.05, 3.63) is 46.6 Å². The Morgan fingerprint density at radius 1 is 1.21 bits per heavy atom. The van der Waals surface area contributed by atoms with Crippen LogP contribution in [0.1, 0.15) is 55.0 Å². The van der Waals surface area contributed by atoms with Gasteiger partial charge in [0, 0.05) is 37.1 Å². The molecule has 2 unspecified atom stereocenters. The fourth-order valence-electron chi connectivity index (χ4n) is 3.74. The zero-order valence-electron chi connectivity index (χ0n) is 16.2. The highest BCUT2D eigenvalue weighted by atomic mass is 35.5. The quantitative estimate of drug-likeness (QED) is 0.684. The van der Waals surface area contributed by atoms with Crippen molar-refractivity contribution in [2.75, 3.05) is 33.3 Å². The Balaban J connectivity index is 1.43. The number of hydrogen-bond acceptors (Lipinski definition) is 7. The van der Waals surface area contributed by atoms with E-state index < -0.39 is 6.04 Å². The van der Waals surface area contributed by atoms with Gasteiger partial charge in [-0.2, -0.15) is 4.98 Å². The van der Waals surface area contributed by atoms with Crippen LogP contribution >= 0.6 is 11.6 Å². The van der Waals surface area contributed by atoms with E-state index >= 15 is 0 Å². The molecule has 1 aromatic heterocycles. The lowest BCUT2D eigenvalue weighted by Crippen LogP contribution is -2.50. The smallest absolute Gasteiger partial charge is 0.327 e. The summed E-state index contributed by atoms with van der Waals surface area (Å²) in [6, 6.07) is 7.00. The predicted molar refractivity (Wildman–Crippen MR) is 104 cm³/mol. The van der Waals surface area contributed by atoms with Crippen LogP contribution in [-0.4, -0.2) is 59.2 Å². The Hall–Kier alpha value is -1.96. The van der Waals surface area contributed by atoms with Crippen LogP contribution in [0.3, 0.4) is 0 Å². The Labute approximate surface area is 169 Å². The maximum absolute atomic E-state index is 12.5. The third kappa shape index (κ3) is 3.92. The van der Waals surface area contributed by atoms with Gasteiger partial charge in [0.25, 0.3) is 0 Å². The van der Waals surface area contributed by atoms with Crippen molar-refractivity contribution in [1.29, 1.82) is 0 Å². The van der Waals surface area contributed by atoms with Gasteiger partial charge in [-0.3, -0.25) is 9.80 Å². The van der Waals surface area contributed by atoms with Gasteiger partial charge in [-0.1, -0.05) is 35.0 Å². The average Bonchev–Trinajstić information content (AvgIpc) is 3.46. The maximum atomic E-state index is 12.5. The van der Waals surface area contributed by atoms with Crippen LogP contribution in [0.4, 0.5) is 0 Å². The van der Waals surface area contributed by atoms with E-state index in [1.807, 2.05) is 18.2 Å². The minimum absolute atomic E-state index is 0.0547. The van der Waals surface area contributed by atoms with Crippen LogP contribution in [0.25, 0.3) is 0 Å². The van der Waals surface area contributed by atoms with Gasteiger partial charge in [-0.05, 0) is 31.4 Å². The number of methoxy groups -OCH3 is 1. The molecule has 1 aliphatic heterocycles. The molecule has 0 N–H and O–H groups in total. The van der Waals surface area contributed by atoms with E-state index in [1.165, 1.54) is 7.11 Å². The number of carbonyl (C=O) groups is 1. The molecule has 2 aliphatic rings. The van der Waals surface area contributed by atoms with Crippen molar-refractivity contribution in [3.63, 3.8) is 0 Å². The number of carbonyl (C=O) groups excluding carboxylic acids is 1. The minimum atomic E-state index is -0.499. The van der Waals surface area contributed by atoms with Crippen LogP contribution in [0, 0.1) is 0 Å². The first-order chi connectivity index (χ1) is 13.6. The first kappa shape index (κ1) is 19.4. The van der Waals surface area contributed by atoms with Crippen LogP contribution in [0.15, 0.2) is 28.8 Å². The zero-order valence-corrected chi connectivity index (χ0v) is 16.9. The highest BCUT2D eigenvalue weighted by molar-refractivity contribution is 6.31. The zero-order chi connectivity index (χ0) is 19.7. The number of hydrogen-bond donors (Lipinski definition) is 0. The molecule has 2 aromatic rings. The monoisotopic (exact) mass is 404 g/mol. The second-order valence-electron chi connectivity index (χ2n) is 7.46. The maximum Gasteiger partial charge on any atom is 0.327 e. The number of rotatable bonds is 6. The first-order valence-electron chi connectivity index (χ1n) is 9.72. The number of esters is 1. The number of benzene rings is 1. The molecule has 4 rings (SSSR count). The summed E-state index contributed by atoms with van der Waals surface area (Å²) in [5.41, 5.74) is 0.781. The summed E-state index contributed by atoms with van der Waals surface area (Å²) >= 11 is 6.36. The van der Waals surface area contributed by atoms with Crippen LogP contribution < -0.4 is 0 Å². The van der Waals surface area contributed by atoms with E-state index in [4.69, 9.17) is 20.9 Å². The summed E-state index contributed by atoms with van der Waals surface area (Å²) in [7, 11) is 1.41. The Morgan fingerprint density at radius 2 is 1.89 bits per heavy atom. The molecule has 150 valence electrons. The molecule has 1 aliphatic carbocycles. The van der Waals surface area contributed by atoms with E-state index in [9.17, 15) is 4.79 Å². The molecular weight excluding hydrogens is 380 g/mol. The molecule has 1 saturated heterocycles. The second kappa shape index (κ2) is 8.19.